The summed E-state index contributed by atoms with van der Waals surface area (Å²) < 4.78 is 38.0. The third kappa shape index (κ3) is 4.74. The van der Waals surface area contributed by atoms with E-state index in [-0.39, 0.29) is 35.5 Å². The van der Waals surface area contributed by atoms with Crippen molar-refractivity contribution in [2.75, 3.05) is 0 Å². The van der Waals surface area contributed by atoms with E-state index in [1.54, 1.807) is 0 Å². The van der Waals surface area contributed by atoms with Crippen molar-refractivity contribution in [2.45, 2.75) is 32.0 Å². The minimum absolute atomic E-state index is 0. The summed E-state index contributed by atoms with van der Waals surface area (Å²) in [6, 6.07) is 3.52. The molecule has 0 aromatic heterocycles. The molecule has 1 aromatic rings. The van der Waals surface area contributed by atoms with Crippen molar-refractivity contribution in [3.8, 4) is 0 Å². The number of nitrogens with two attached hydrogens (primary N) is 1. The van der Waals surface area contributed by atoms with Crippen molar-refractivity contribution < 1.29 is 13.2 Å². The van der Waals surface area contributed by atoms with Gasteiger partial charge in [0.2, 0.25) is 0 Å². The Morgan fingerprint density at radius 1 is 1.35 bits per heavy atom. The van der Waals surface area contributed by atoms with Gasteiger partial charge in [0.15, 0.2) is 0 Å². The highest BCUT2D eigenvalue weighted by Crippen LogP contribution is 2.34. The Bertz CT molecular complexity index is 366. The van der Waals surface area contributed by atoms with Crippen LogP contribution in [0.5, 0.6) is 0 Å². The molecule has 0 bridgehead atoms. The zero-order valence-corrected chi connectivity index (χ0v) is 10.8. The van der Waals surface area contributed by atoms with E-state index < -0.39 is 11.7 Å². The first-order valence-corrected chi connectivity index (χ1v) is 5.33. The van der Waals surface area contributed by atoms with Crippen LogP contribution in [0.4, 0.5) is 13.2 Å². The molecular weight excluding hydrogens is 274 g/mol. The molecule has 0 fully saturated rings. The topological polar surface area (TPSA) is 26.0 Å². The van der Waals surface area contributed by atoms with E-state index in [1.165, 1.54) is 12.1 Å². The van der Waals surface area contributed by atoms with Gasteiger partial charge in [0, 0.05) is 11.1 Å². The Balaban J connectivity index is 0.00000256. The molecule has 1 unspecified atom stereocenters. The Morgan fingerprint density at radius 2 is 1.94 bits per heavy atom. The molecule has 1 nitrogen and oxygen atoms in total. The summed E-state index contributed by atoms with van der Waals surface area (Å²) in [5, 5.41) is 0.0844. The van der Waals surface area contributed by atoms with Gasteiger partial charge in [0.05, 0.1) is 5.56 Å². The Kier molecular flexibility index (Phi) is 6.30. The minimum atomic E-state index is -4.38. The highest BCUT2D eigenvalue weighted by Gasteiger charge is 2.33. The second-order valence-corrected chi connectivity index (χ2v) is 4.11. The number of benzene rings is 1. The molecule has 1 aromatic carbocycles. The lowest BCUT2D eigenvalue weighted by Gasteiger charge is -2.15. The van der Waals surface area contributed by atoms with Crippen LogP contribution in [0.15, 0.2) is 18.2 Å². The van der Waals surface area contributed by atoms with Crippen molar-refractivity contribution in [1.29, 1.82) is 0 Å². The van der Waals surface area contributed by atoms with Gasteiger partial charge in [-0.05, 0) is 30.5 Å². The Labute approximate surface area is 110 Å². The summed E-state index contributed by atoms with van der Waals surface area (Å²) in [6.45, 7) is 1.84. The predicted molar refractivity (Wildman–Crippen MR) is 65.7 cm³/mol. The van der Waals surface area contributed by atoms with Gasteiger partial charge in [-0.1, -0.05) is 24.6 Å². The van der Waals surface area contributed by atoms with Gasteiger partial charge in [0.1, 0.15) is 0 Å². The number of halogens is 5. The van der Waals surface area contributed by atoms with Crippen LogP contribution in [0.1, 0.15) is 24.5 Å². The zero-order valence-electron chi connectivity index (χ0n) is 9.22. The molecule has 0 radical (unpaired) electrons. The lowest BCUT2D eigenvalue weighted by atomic mass is 9.99. The second-order valence-electron chi connectivity index (χ2n) is 3.67. The molecule has 0 aliphatic rings. The van der Waals surface area contributed by atoms with Gasteiger partial charge in [0.25, 0.3) is 0 Å². The van der Waals surface area contributed by atoms with E-state index in [9.17, 15) is 13.2 Å². The zero-order chi connectivity index (χ0) is 12.3. The van der Waals surface area contributed by atoms with E-state index in [0.29, 0.717) is 6.42 Å². The SMILES string of the molecule is CCC(N)Cc1ccc(Cl)cc1C(F)(F)F.Cl. The molecule has 0 heterocycles. The van der Waals surface area contributed by atoms with Gasteiger partial charge in [-0.15, -0.1) is 12.4 Å². The number of alkyl halides is 3. The smallest absolute Gasteiger partial charge is 0.327 e. The average Bonchev–Trinajstić information content (AvgIpc) is 2.19. The molecule has 98 valence electrons. The summed E-state index contributed by atoms with van der Waals surface area (Å²) in [5.41, 5.74) is 5.16. The summed E-state index contributed by atoms with van der Waals surface area (Å²) in [6.07, 6.45) is -3.53. The molecule has 2 N–H and O–H groups in total. The number of hydrogen-bond donors (Lipinski definition) is 1. The van der Waals surface area contributed by atoms with Gasteiger partial charge in [-0.2, -0.15) is 13.2 Å². The molecule has 0 saturated carbocycles. The van der Waals surface area contributed by atoms with Crippen LogP contribution >= 0.6 is 24.0 Å². The van der Waals surface area contributed by atoms with E-state index in [0.717, 1.165) is 6.07 Å². The van der Waals surface area contributed by atoms with Crippen LogP contribution in [0.2, 0.25) is 5.02 Å². The second kappa shape index (κ2) is 6.47. The molecule has 1 rings (SSSR count). The standard InChI is InChI=1S/C11H13ClF3N.ClH/c1-2-9(16)5-7-3-4-8(12)6-10(7)11(13,14)15;/h3-4,6,9H,2,5,16H2,1H3;1H. The average molecular weight is 288 g/mol. The van der Waals surface area contributed by atoms with Crippen molar-refractivity contribution in [3.63, 3.8) is 0 Å². The number of hydrogen-bond acceptors (Lipinski definition) is 1. The quantitative estimate of drug-likeness (QED) is 0.891. The van der Waals surface area contributed by atoms with E-state index in [1.807, 2.05) is 6.92 Å². The molecule has 1 atom stereocenters. The highest BCUT2D eigenvalue weighted by atomic mass is 35.5. The van der Waals surface area contributed by atoms with Crippen molar-refractivity contribution in [1.82, 2.24) is 0 Å². The van der Waals surface area contributed by atoms with Gasteiger partial charge in [-0.3, -0.25) is 0 Å². The first-order chi connectivity index (χ1) is 7.34. The third-order valence-corrected chi connectivity index (χ3v) is 2.62. The van der Waals surface area contributed by atoms with E-state index in [4.69, 9.17) is 17.3 Å². The Hall–Kier alpha value is -0.450. The van der Waals surface area contributed by atoms with Crippen LogP contribution in [0.25, 0.3) is 0 Å². The van der Waals surface area contributed by atoms with Crippen molar-refractivity contribution in [2.24, 2.45) is 5.73 Å². The summed E-state index contributed by atoms with van der Waals surface area (Å²) in [4.78, 5) is 0. The minimum Gasteiger partial charge on any atom is -0.327 e. The molecule has 0 aliphatic carbocycles. The van der Waals surface area contributed by atoms with Gasteiger partial charge < -0.3 is 5.73 Å². The maximum Gasteiger partial charge on any atom is 0.416 e. The third-order valence-electron chi connectivity index (χ3n) is 2.38. The van der Waals surface area contributed by atoms with Crippen LogP contribution in [-0.4, -0.2) is 6.04 Å². The van der Waals surface area contributed by atoms with Crippen LogP contribution in [0, 0.1) is 0 Å². The first kappa shape index (κ1) is 16.6. The van der Waals surface area contributed by atoms with E-state index in [2.05, 4.69) is 0 Å². The van der Waals surface area contributed by atoms with E-state index >= 15 is 0 Å². The lowest BCUT2D eigenvalue weighted by molar-refractivity contribution is -0.138. The largest absolute Gasteiger partial charge is 0.416 e. The lowest BCUT2D eigenvalue weighted by Crippen LogP contribution is -2.23. The van der Waals surface area contributed by atoms with Crippen molar-refractivity contribution in [3.05, 3.63) is 34.3 Å². The van der Waals surface area contributed by atoms with Gasteiger partial charge in [-0.25, -0.2) is 0 Å². The first-order valence-electron chi connectivity index (χ1n) is 4.95. The molecular formula is C11H14Cl2F3N. The molecule has 0 saturated heterocycles. The van der Waals surface area contributed by atoms with Gasteiger partial charge >= 0.3 is 6.18 Å². The summed E-state index contributed by atoms with van der Waals surface area (Å²) >= 11 is 5.56. The van der Waals surface area contributed by atoms with Crippen LogP contribution < -0.4 is 5.73 Å². The molecule has 0 amide bonds. The normalized spacial score (nSPS) is 13.1. The van der Waals surface area contributed by atoms with Crippen LogP contribution in [0.3, 0.4) is 0 Å². The molecule has 0 spiro atoms. The maximum absolute atomic E-state index is 12.7. The fraction of sp³-hybridized carbons (Fsp3) is 0.455. The monoisotopic (exact) mass is 287 g/mol. The maximum atomic E-state index is 12.7. The molecule has 0 aliphatic heterocycles. The Morgan fingerprint density at radius 3 is 2.41 bits per heavy atom. The molecule has 17 heavy (non-hydrogen) atoms. The summed E-state index contributed by atoms with van der Waals surface area (Å²) in [7, 11) is 0. The molecule has 6 heteroatoms. The number of rotatable bonds is 3. The van der Waals surface area contributed by atoms with Crippen LogP contribution in [-0.2, 0) is 12.6 Å². The highest BCUT2D eigenvalue weighted by molar-refractivity contribution is 6.30. The summed E-state index contributed by atoms with van der Waals surface area (Å²) in [5.74, 6) is 0. The predicted octanol–water partition coefficient (Wildman–Crippen LogP) is 4.06. The fourth-order valence-corrected chi connectivity index (χ4v) is 1.59. The van der Waals surface area contributed by atoms with Crippen molar-refractivity contribution >= 4 is 24.0 Å². The fourth-order valence-electron chi connectivity index (χ4n) is 1.42.